The number of Topliss-reactive ketones (excluding diaryl/α,β-unsaturated/α-hetero) is 1. The maximum atomic E-state index is 12.6. The van der Waals surface area contributed by atoms with Gasteiger partial charge in [0.25, 0.3) is 0 Å². The zero-order chi connectivity index (χ0) is 16.2. The molecule has 0 saturated carbocycles. The highest BCUT2D eigenvalue weighted by Gasteiger charge is 2.19. The largest absolute Gasteiger partial charge is 0.317 e. The van der Waals surface area contributed by atoms with Crippen LogP contribution >= 0.6 is 11.3 Å². The molecule has 0 amide bonds. The summed E-state index contributed by atoms with van der Waals surface area (Å²) in [6, 6.07) is 12.7. The van der Waals surface area contributed by atoms with Crippen LogP contribution in [0.5, 0.6) is 0 Å². The van der Waals surface area contributed by atoms with E-state index in [1.807, 2.05) is 6.07 Å². The first-order chi connectivity index (χ1) is 11.1. The molecule has 2 heterocycles. The number of carbonyl (C=O) groups is 1. The second-order valence-corrected chi connectivity index (χ2v) is 7.81. The Labute approximate surface area is 142 Å². The lowest BCUT2D eigenvalue weighted by molar-refractivity contribution is 0.0956. The fraction of sp³-hybridized carbons (Fsp3) is 0.450. The number of thiophene rings is 1. The number of piperidine rings is 1. The first-order valence-corrected chi connectivity index (χ1v) is 9.40. The highest BCUT2D eigenvalue weighted by atomic mass is 32.1. The average Bonchev–Trinajstić information content (AvgIpc) is 3.06. The summed E-state index contributed by atoms with van der Waals surface area (Å²) in [5.74, 6) is 1.36. The molecule has 3 rings (SSSR count). The number of ketones is 1. The van der Waals surface area contributed by atoms with E-state index in [0.717, 1.165) is 30.8 Å². The summed E-state index contributed by atoms with van der Waals surface area (Å²) in [6.45, 7) is 6.54. The molecule has 2 nitrogen and oxygen atoms in total. The average molecular weight is 327 g/mol. The van der Waals surface area contributed by atoms with Gasteiger partial charge in [-0.3, -0.25) is 4.79 Å². The van der Waals surface area contributed by atoms with Crippen LogP contribution in [0.1, 0.15) is 54.3 Å². The Morgan fingerprint density at radius 3 is 2.65 bits per heavy atom. The van der Waals surface area contributed by atoms with Crippen LogP contribution in [-0.4, -0.2) is 18.9 Å². The third-order valence-electron chi connectivity index (χ3n) is 4.66. The number of rotatable bonds is 5. The van der Waals surface area contributed by atoms with Crippen molar-refractivity contribution in [3.05, 3.63) is 46.8 Å². The summed E-state index contributed by atoms with van der Waals surface area (Å²) < 4.78 is 0. The van der Waals surface area contributed by atoms with Crippen LogP contribution in [0.15, 0.2) is 36.4 Å². The molecule has 1 aromatic heterocycles. The molecule has 122 valence electrons. The summed E-state index contributed by atoms with van der Waals surface area (Å²) in [6.07, 6.45) is 2.95. The van der Waals surface area contributed by atoms with Gasteiger partial charge in [-0.05, 0) is 61.0 Å². The first-order valence-electron chi connectivity index (χ1n) is 8.58. The minimum atomic E-state index is 0.315. The van der Waals surface area contributed by atoms with E-state index < -0.39 is 0 Å². The molecular formula is C20H25NOS. The highest BCUT2D eigenvalue weighted by Crippen LogP contribution is 2.34. The van der Waals surface area contributed by atoms with Crippen LogP contribution in [0.25, 0.3) is 10.4 Å². The molecule has 2 aromatic rings. The van der Waals surface area contributed by atoms with E-state index in [9.17, 15) is 4.79 Å². The second-order valence-electron chi connectivity index (χ2n) is 6.73. The Morgan fingerprint density at radius 2 is 1.91 bits per heavy atom. The van der Waals surface area contributed by atoms with Crippen LogP contribution < -0.4 is 5.32 Å². The van der Waals surface area contributed by atoms with Crippen molar-refractivity contribution < 1.29 is 4.79 Å². The summed E-state index contributed by atoms with van der Waals surface area (Å²) in [5.41, 5.74) is 2.63. The molecule has 0 radical (unpaired) electrons. The van der Waals surface area contributed by atoms with Crippen molar-refractivity contribution in [3.8, 4) is 10.4 Å². The first kappa shape index (κ1) is 16.4. The molecular weight excluding hydrogens is 302 g/mol. The van der Waals surface area contributed by atoms with Crippen molar-refractivity contribution >= 4 is 17.1 Å². The van der Waals surface area contributed by atoms with E-state index in [0.29, 0.717) is 24.0 Å². The number of benzene rings is 1. The van der Waals surface area contributed by atoms with Gasteiger partial charge in [0.1, 0.15) is 0 Å². The van der Waals surface area contributed by atoms with Gasteiger partial charge in [0.2, 0.25) is 0 Å². The Morgan fingerprint density at radius 1 is 1.17 bits per heavy atom. The monoisotopic (exact) mass is 327 g/mol. The van der Waals surface area contributed by atoms with Crippen LogP contribution in [0.3, 0.4) is 0 Å². The summed E-state index contributed by atoms with van der Waals surface area (Å²) in [4.78, 5) is 14.7. The van der Waals surface area contributed by atoms with Crippen molar-refractivity contribution in [1.82, 2.24) is 5.32 Å². The van der Waals surface area contributed by atoms with Crippen molar-refractivity contribution in [1.29, 1.82) is 0 Å². The van der Waals surface area contributed by atoms with E-state index in [2.05, 4.69) is 49.5 Å². The lowest BCUT2D eigenvalue weighted by Crippen LogP contribution is -2.28. The molecule has 1 aliphatic rings. The number of carbonyl (C=O) groups excluding carboxylic acids is 1. The number of hydrogen-bond donors (Lipinski definition) is 1. The molecule has 1 N–H and O–H groups in total. The lowest BCUT2D eigenvalue weighted by atomic mass is 9.92. The molecule has 1 saturated heterocycles. The van der Waals surface area contributed by atoms with Crippen LogP contribution in [0.4, 0.5) is 0 Å². The summed E-state index contributed by atoms with van der Waals surface area (Å²) in [7, 11) is 0. The van der Waals surface area contributed by atoms with Crippen molar-refractivity contribution in [2.24, 2.45) is 5.92 Å². The van der Waals surface area contributed by atoms with Crippen LogP contribution in [0, 0.1) is 5.92 Å². The van der Waals surface area contributed by atoms with Crippen LogP contribution in [0.2, 0.25) is 0 Å². The van der Waals surface area contributed by atoms with Gasteiger partial charge in [-0.25, -0.2) is 0 Å². The molecule has 1 aliphatic heterocycles. The van der Waals surface area contributed by atoms with Gasteiger partial charge in [-0.1, -0.05) is 38.1 Å². The Bertz CT molecular complexity index is 668. The normalized spacial score (nSPS) is 16.0. The summed E-state index contributed by atoms with van der Waals surface area (Å²) >= 11 is 1.65. The predicted octanol–water partition coefficient (Wildman–Crippen LogP) is 5.11. The molecule has 3 heteroatoms. The minimum Gasteiger partial charge on any atom is -0.317 e. The van der Waals surface area contributed by atoms with E-state index in [1.165, 1.54) is 16.0 Å². The van der Waals surface area contributed by atoms with Crippen molar-refractivity contribution in [2.45, 2.75) is 39.0 Å². The molecule has 23 heavy (non-hydrogen) atoms. The van der Waals surface area contributed by atoms with Crippen molar-refractivity contribution in [2.75, 3.05) is 13.1 Å². The lowest BCUT2D eigenvalue weighted by Gasteiger charge is -2.21. The highest BCUT2D eigenvalue weighted by molar-refractivity contribution is 7.17. The topological polar surface area (TPSA) is 29.1 Å². The zero-order valence-corrected chi connectivity index (χ0v) is 14.8. The fourth-order valence-electron chi connectivity index (χ4n) is 3.31. The van der Waals surface area contributed by atoms with Gasteiger partial charge in [0, 0.05) is 11.3 Å². The molecule has 0 atom stereocenters. The maximum Gasteiger partial charge on any atom is 0.173 e. The van der Waals surface area contributed by atoms with Crippen LogP contribution in [-0.2, 0) is 0 Å². The summed E-state index contributed by atoms with van der Waals surface area (Å²) in [5, 5.41) is 3.36. The minimum absolute atomic E-state index is 0.315. The Hall–Kier alpha value is -1.45. The van der Waals surface area contributed by atoms with E-state index in [-0.39, 0.29) is 0 Å². The molecule has 0 aliphatic carbocycles. The molecule has 1 aromatic carbocycles. The van der Waals surface area contributed by atoms with E-state index in [4.69, 9.17) is 0 Å². The predicted molar refractivity (Wildman–Crippen MR) is 98.4 cm³/mol. The van der Waals surface area contributed by atoms with E-state index in [1.54, 1.807) is 11.3 Å². The van der Waals surface area contributed by atoms with Gasteiger partial charge < -0.3 is 5.32 Å². The third-order valence-corrected chi connectivity index (χ3v) is 5.82. The Balaban J connectivity index is 1.76. The van der Waals surface area contributed by atoms with Gasteiger partial charge in [0.05, 0.1) is 4.88 Å². The third kappa shape index (κ3) is 3.91. The standard InChI is InChI=1S/C20H25NOS/c1-14(2)16-5-3-4-6-17(16)19-7-8-20(23-19)18(22)13-15-9-11-21-12-10-15/h3-8,14-15,21H,9-13H2,1-2H3. The zero-order valence-electron chi connectivity index (χ0n) is 14.0. The van der Waals surface area contributed by atoms with Crippen molar-refractivity contribution in [3.63, 3.8) is 0 Å². The van der Waals surface area contributed by atoms with Gasteiger partial charge in [-0.15, -0.1) is 11.3 Å². The Kier molecular flexibility index (Phi) is 5.29. The van der Waals surface area contributed by atoms with E-state index >= 15 is 0 Å². The van der Waals surface area contributed by atoms with Gasteiger partial charge >= 0.3 is 0 Å². The maximum absolute atomic E-state index is 12.6. The van der Waals surface area contributed by atoms with Gasteiger partial charge in [0.15, 0.2) is 5.78 Å². The fourth-order valence-corrected chi connectivity index (χ4v) is 4.31. The molecule has 1 fully saturated rings. The molecule has 0 spiro atoms. The SMILES string of the molecule is CC(C)c1ccccc1-c1ccc(C(=O)CC2CCNCC2)s1. The molecule has 0 bridgehead atoms. The molecule has 0 unspecified atom stereocenters. The second kappa shape index (κ2) is 7.41. The quantitative estimate of drug-likeness (QED) is 0.773. The number of hydrogen-bond acceptors (Lipinski definition) is 3. The number of nitrogens with one attached hydrogen (secondary N) is 1. The smallest absolute Gasteiger partial charge is 0.173 e. The van der Waals surface area contributed by atoms with Gasteiger partial charge in [-0.2, -0.15) is 0 Å².